The van der Waals surface area contributed by atoms with Crippen LogP contribution in [0.2, 0.25) is 0 Å². The Labute approximate surface area is 147 Å². The summed E-state index contributed by atoms with van der Waals surface area (Å²) in [6.45, 7) is 0. The Morgan fingerprint density at radius 2 is 1.75 bits per heavy atom. The molecule has 0 unspecified atom stereocenters. The van der Waals surface area contributed by atoms with Gasteiger partial charge in [-0.05, 0) is 34.1 Å². The summed E-state index contributed by atoms with van der Waals surface area (Å²) in [6, 6.07) is 13.8. The average molecular weight is 408 g/mol. The van der Waals surface area contributed by atoms with Crippen molar-refractivity contribution < 1.29 is 13.2 Å². The predicted octanol–water partition coefficient (Wildman–Crippen LogP) is 2.56. The number of hydrazine groups is 1. The van der Waals surface area contributed by atoms with Gasteiger partial charge in [0, 0.05) is 28.6 Å². The molecule has 2 aromatic carbocycles. The Kier molecular flexibility index (Phi) is 4.44. The highest BCUT2D eigenvalue weighted by Gasteiger charge is 2.20. The SMILES string of the molecule is Cn1cc(C(=O)NNS(=O)(=O)c2ccccc2Br)c2ccccc21. The van der Waals surface area contributed by atoms with Crippen molar-refractivity contribution in [2.75, 3.05) is 0 Å². The second-order valence-electron chi connectivity index (χ2n) is 5.16. The summed E-state index contributed by atoms with van der Waals surface area (Å²) in [4.78, 5) is 14.5. The van der Waals surface area contributed by atoms with Gasteiger partial charge in [0.2, 0.25) is 0 Å². The van der Waals surface area contributed by atoms with Crippen molar-refractivity contribution in [3.05, 3.63) is 64.8 Å². The lowest BCUT2D eigenvalue weighted by Crippen LogP contribution is -2.41. The van der Waals surface area contributed by atoms with E-state index in [1.54, 1.807) is 24.4 Å². The monoisotopic (exact) mass is 407 g/mol. The van der Waals surface area contributed by atoms with Gasteiger partial charge in [0.25, 0.3) is 15.9 Å². The van der Waals surface area contributed by atoms with E-state index in [9.17, 15) is 13.2 Å². The zero-order valence-corrected chi connectivity index (χ0v) is 15.1. The van der Waals surface area contributed by atoms with Crippen LogP contribution in [0, 0.1) is 0 Å². The van der Waals surface area contributed by atoms with Gasteiger partial charge in [0.1, 0.15) is 0 Å². The van der Waals surface area contributed by atoms with E-state index in [1.165, 1.54) is 6.07 Å². The van der Waals surface area contributed by atoms with Gasteiger partial charge in [0.15, 0.2) is 0 Å². The van der Waals surface area contributed by atoms with Gasteiger partial charge in [-0.15, -0.1) is 4.83 Å². The Bertz CT molecular complexity index is 1030. The lowest BCUT2D eigenvalue weighted by molar-refractivity contribution is 0.0946. The first kappa shape index (κ1) is 16.7. The second-order valence-corrected chi connectivity index (χ2v) is 7.67. The maximum atomic E-state index is 12.4. The van der Waals surface area contributed by atoms with E-state index in [1.807, 2.05) is 35.9 Å². The van der Waals surface area contributed by atoms with E-state index in [-0.39, 0.29) is 4.90 Å². The molecule has 0 aliphatic rings. The number of halogens is 1. The predicted molar refractivity (Wildman–Crippen MR) is 94.8 cm³/mol. The van der Waals surface area contributed by atoms with Crippen LogP contribution in [0.25, 0.3) is 10.9 Å². The summed E-state index contributed by atoms with van der Waals surface area (Å²) in [5.74, 6) is -0.526. The molecule has 3 aromatic rings. The molecule has 0 spiro atoms. The first-order valence-electron chi connectivity index (χ1n) is 7.01. The third kappa shape index (κ3) is 3.08. The number of benzene rings is 2. The van der Waals surface area contributed by atoms with Gasteiger partial charge < -0.3 is 4.57 Å². The first-order chi connectivity index (χ1) is 11.4. The van der Waals surface area contributed by atoms with E-state index in [2.05, 4.69) is 26.2 Å². The molecule has 1 heterocycles. The number of aryl methyl sites for hydroxylation is 1. The Hall–Kier alpha value is -2.16. The van der Waals surface area contributed by atoms with Crippen molar-refractivity contribution >= 4 is 42.8 Å². The van der Waals surface area contributed by atoms with Crippen molar-refractivity contribution in [1.82, 2.24) is 14.8 Å². The lowest BCUT2D eigenvalue weighted by Gasteiger charge is -2.09. The molecule has 0 bridgehead atoms. The average Bonchev–Trinajstić information content (AvgIpc) is 2.90. The summed E-state index contributed by atoms with van der Waals surface area (Å²) < 4.78 is 26.8. The van der Waals surface area contributed by atoms with Crippen LogP contribution in [0.5, 0.6) is 0 Å². The number of amides is 1. The fourth-order valence-corrected chi connectivity index (χ4v) is 4.26. The van der Waals surface area contributed by atoms with Crippen molar-refractivity contribution in [2.24, 2.45) is 7.05 Å². The molecule has 0 aliphatic carbocycles. The van der Waals surface area contributed by atoms with Gasteiger partial charge in [-0.3, -0.25) is 10.2 Å². The maximum absolute atomic E-state index is 12.4. The minimum atomic E-state index is -3.88. The maximum Gasteiger partial charge on any atom is 0.268 e. The number of para-hydroxylation sites is 1. The zero-order chi connectivity index (χ0) is 17.3. The number of nitrogens with zero attached hydrogens (tertiary/aromatic N) is 1. The molecule has 2 N–H and O–H groups in total. The zero-order valence-electron chi connectivity index (χ0n) is 12.7. The van der Waals surface area contributed by atoms with Crippen LogP contribution in [-0.4, -0.2) is 18.9 Å². The second kappa shape index (κ2) is 6.39. The first-order valence-corrected chi connectivity index (χ1v) is 9.28. The molecule has 6 nitrogen and oxygen atoms in total. The Balaban J connectivity index is 1.84. The highest BCUT2D eigenvalue weighted by Crippen LogP contribution is 2.21. The molecular weight excluding hydrogens is 394 g/mol. The number of rotatable bonds is 4. The molecule has 124 valence electrons. The molecule has 0 saturated carbocycles. The van der Waals surface area contributed by atoms with Crippen molar-refractivity contribution in [2.45, 2.75) is 4.90 Å². The minimum absolute atomic E-state index is 0.0446. The quantitative estimate of drug-likeness (QED) is 0.652. The summed E-state index contributed by atoms with van der Waals surface area (Å²) >= 11 is 3.18. The third-order valence-corrected chi connectivity index (χ3v) is 5.83. The summed E-state index contributed by atoms with van der Waals surface area (Å²) in [7, 11) is -2.05. The molecule has 0 aliphatic heterocycles. The minimum Gasteiger partial charge on any atom is -0.350 e. The molecular formula is C16H14BrN3O3S. The van der Waals surface area contributed by atoms with Gasteiger partial charge in [-0.2, -0.15) is 0 Å². The van der Waals surface area contributed by atoms with Crippen LogP contribution in [0.4, 0.5) is 0 Å². The van der Waals surface area contributed by atoms with Crippen molar-refractivity contribution in [1.29, 1.82) is 0 Å². The molecule has 0 saturated heterocycles. The van der Waals surface area contributed by atoms with E-state index in [0.717, 1.165) is 10.9 Å². The number of carbonyl (C=O) groups excluding carboxylic acids is 1. The largest absolute Gasteiger partial charge is 0.350 e. The molecule has 0 fully saturated rings. The number of hydrogen-bond donors (Lipinski definition) is 2. The molecule has 1 aromatic heterocycles. The van der Waals surface area contributed by atoms with Crippen LogP contribution in [0.1, 0.15) is 10.4 Å². The topological polar surface area (TPSA) is 80.2 Å². The molecule has 0 atom stereocenters. The van der Waals surface area contributed by atoms with Crippen LogP contribution in [0.15, 0.2) is 64.1 Å². The fourth-order valence-electron chi connectivity index (χ4n) is 2.42. The standard InChI is InChI=1S/C16H14BrN3O3S/c1-20-10-12(11-6-2-4-8-14(11)20)16(21)18-19-24(22,23)15-9-5-3-7-13(15)17/h2-10,19H,1H3,(H,18,21). The summed E-state index contributed by atoms with van der Waals surface area (Å²) in [5.41, 5.74) is 3.54. The Morgan fingerprint density at radius 3 is 2.50 bits per heavy atom. The van der Waals surface area contributed by atoms with E-state index in [0.29, 0.717) is 10.0 Å². The molecule has 3 rings (SSSR count). The highest BCUT2D eigenvalue weighted by atomic mass is 79.9. The molecule has 0 radical (unpaired) electrons. The van der Waals surface area contributed by atoms with Crippen LogP contribution in [-0.2, 0) is 17.1 Å². The van der Waals surface area contributed by atoms with Gasteiger partial charge >= 0.3 is 0 Å². The number of nitrogens with one attached hydrogen (secondary N) is 2. The van der Waals surface area contributed by atoms with E-state index in [4.69, 9.17) is 0 Å². The van der Waals surface area contributed by atoms with Crippen LogP contribution < -0.4 is 10.3 Å². The number of carbonyl (C=O) groups is 1. The lowest BCUT2D eigenvalue weighted by atomic mass is 10.2. The number of hydrogen-bond acceptors (Lipinski definition) is 3. The summed E-state index contributed by atoms with van der Waals surface area (Å²) in [5, 5.41) is 0.748. The number of fused-ring (bicyclic) bond motifs is 1. The highest BCUT2D eigenvalue weighted by molar-refractivity contribution is 9.10. The smallest absolute Gasteiger partial charge is 0.268 e. The Morgan fingerprint density at radius 1 is 1.08 bits per heavy atom. The summed E-state index contributed by atoms with van der Waals surface area (Å²) in [6.07, 6.45) is 1.66. The molecule has 1 amide bonds. The van der Waals surface area contributed by atoms with Gasteiger partial charge in [-0.1, -0.05) is 30.3 Å². The van der Waals surface area contributed by atoms with Gasteiger partial charge in [-0.25, -0.2) is 8.42 Å². The van der Waals surface area contributed by atoms with Crippen molar-refractivity contribution in [3.8, 4) is 0 Å². The van der Waals surface area contributed by atoms with Crippen LogP contribution >= 0.6 is 15.9 Å². The number of sulfonamides is 1. The van der Waals surface area contributed by atoms with E-state index >= 15 is 0 Å². The fraction of sp³-hybridized carbons (Fsp3) is 0.0625. The van der Waals surface area contributed by atoms with E-state index < -0.39 is 15.9 Å². The van der Waals surface area contributed by atoms with Crippen LogP contribution in [0.3, 0.4) is 0 Å². The molecule has 8 heteroatoms. The normalized spacial score (nSPS) is 11.6. The molecule has 24 heavy (non-hydrogen) atoms. The third-order valence-electron chi connectivity index (χ3n) is 3.57. The van der Waals surface area contributed by atoms with Gasteiger partial charge in [0.05, 0.1) is 10.5 Å². The van der Waals surface area contributed by atoms with Crippen molar-refractivity contribution in [3.63, 3.8) is 0 Å². The number of aromatic nitrogens is 1.